The Morgan fingerprint density at radius 1 is 1.26 bits per heavy atom. The molecule has 1 saturated heterocycles. The molecule has 2 N–H and O–H groups in total. The van der Waals surface area contributed by atoms with Crippen molar-refractivity contribution in [2.75, 3.05) is 38.3 Å². The van der Waals surface area contributed by atoms with Crippen LogP contribution >= 0.6 is 0 Å². The van der Waals surface area contributed by atoms with Crippen molar-refractivity contribution in [3.63, 3.8) is 0 Å². The summed E-state index contributed by atoms with van der Waals surface area (Å²) in [6.45, 7) is 2.43. The molecule has 0 saturated carbocycles. The van der Waals surface area contributed by atoms with Gasteiger partial charge in [0.15, 0.2) is 11.2 Å². The predicted molar refractivity (Wildman–Crippen MR) is 142 cm³/mol. The normalized spacial score (nSPS) is 15.0. The number of nitriles is 1. The van der Waals surface area contributed by atoms with Gasteiger partial charge in [0.25, 0.3) is 5.56 Å². The van der Waals surface area contributed by atoms with Gasteiger partial charge >= 0.3 is 11.7 Å². The minimum absolute atomic E-state index is 0.00375. The van der Waals surface area contributed by atoms with Crippen molar-refractivity contribution in [2.45, 2.75) is 45.4 Å². The molecule has 0 amide bonds. The van der Waals surface area contributed by atoms with Gasteiger partial charge < -0.3 is 20.1 Å². The lowest BCUT2D eigenvalue weighted by molar-refractivity contribution is -0.145. The van der Waals surface area contributed by atoms with Crippen LogP contribution in [0, 0.1) is 23.2 Å². The second-order valence-corrected chi connectivity index (χ2v) is 9.03. The van der Waals surface area contributed by atoms with Crippen LogP contribution in [-0.4, -0.2) is 69.1 Å². The van der Waals surface area contributed by atoms with Gasteiger partial charge in [-0.1, -0.05) is 5.92 Å². The average molecular weight is 535 g/mol. The third kappa shape index (κ3) is 5.85. The van der Waals surface area contributed by atoms with E-state index in [2.05, 4.69) is 16.8 Å². The van der Waals surface area contributed by atoms with Crippen LogP contribution in [0.4, 0.5) is 5.95 Å². The molecule has 1 aliphatic rings. The first kappa shape index (κ1) is 27.6. The fraction of sp³-hybridized carbons (Fsp3) is 0.462. The van der Waals surface area contributed by atoms with Gasteiger partial charge in [-0.15, -0.1) is 5.92 Å². The zero-order valence-corrected chi connectivity index (χ0v) is 21.9. The van der Waals surface area contributed by atoms with E-state index in [0.717, 1.165) is 22.0 Å². The van der Waals surface area contributed by atoms with Crippen LogP contribution < -0.4 is 21.9 Å². The van der Waals surface area contributed by atoms with Crippen LogP contribution in [0.5, 0.6) is 0 Å². The summed E-state index contributed by atoms with van der Waals surface area (Å²) in [4.78, 5) is 51.2. The Bertz CT molecular complexity index is 1590. The molecule has 4 rings (SSSR count). The van der Waals surface area contributed by atoms with E-state index >= 15 is 0 Å². The molecule has 0 spiro atoms. The van der Waals surface area contributed by atoms with Crippen molar-refractivity contribution in [2.24, 2.45) is 5.73 Å². The molecule has 3 aromatic rings. The molecular weight excluding hydrogens is 504 g/mol. The number of pyridine rings is 1. The Morgan fingerprint density at radius 3 is 2.79 bits per heavy atom. The zero-order chi connectivity index (χ0) is 27.9. The topological polar surface area (TPSA) is 163 Å². The maximum atomic E-state index is 13.9. The van der Waals surface area contributed by atoms with E-state index in [1.165, 1.54) is 13.3 Å². The van der Waals surface area contributed by atoms with Gasteiger partial charge in [-0.2, -0.15) is 10.2 Å². The number of fused-ring (bicyclic) bond motifs is 1. The van der Waals surface area contributed by atoms with E-state index < -0.39 is 23.8 Å². The number of aromatic nitrogens is 5. The number of carbonyl (C=O) groups excluding carboxylic acids is 1. The second kappa shape index (κ2) is 12.4. The highest BCUT2D eigenvalue weighted by atomic mass is 16.6. The first-order valence-corrected chi connectivity index (χ1v) is 12.5. The molecule has 1 unspecified atom stereocenters. The Hall–Kier alpha value is -4.46. The first-order chi connectivity index (χ1) is 18.9. The third-order valence-electron chi connectivity index (χ3n) is 6.41. The number of rotatable bonds is 9. The van der Waals surface area contributed by atoms with Crippen LogP contribution in [0.1, 0.15) is 31.0 Å². The molecule has 0 aliphatic carbocycles. The third-order valence-corrected chi connectivity index (χ3v) is 6.41. The van der Waals surface area contributed by atoms with Gasteiger partial charge in [0.2, 0.25) is 5.95 Å². The lowest BCUT2D eigenvalue weighted by Crippen LogP contribution is -2.44. The highest BCUT2D eigenvalue weighted by Gasteiger charge is 2.28. The number of methoxy groups -OCH3 is 1. The monoisotopic (exact) mass is 534 g/mol. The standard InChI is InChI=1S/C26H30N8O5/c1-3-4-11-32-22-23(30-25(32)31-10-6-8-19(28)15-31)33(17-21(35)39-13-12-38-2)26(37)34(24(22)36)16-20-18(14-27)7-5-9-29-20/h5,7,9,19H,6,8,10-13,15-17,28H2,1-2H3. The lowest BCUT2D eigenvalue weighted by Gasteiger charge is -2.31. The van der Waals surface area contributed by atoms with Gasteiger partial charge in [-0.3, -0.25) is 28.3 Å². The quantitative estimate of drug-likeness (QED) is 0.221. The molecule has 13 heteroatoms. The van der Waals surface area contributed by atoms with Gasteiger partial charge in [0.05, 0.1) is 31.0 Å². The molecule has 0 radical (unpaired) electrons. The molecule has 0 bridgehead atoms. The number of imidazole rings is 1. The SMILES string of the molecule is CC#CCn1c(N2CCCC(N)C2)nc2c1c(=O)n(Cc1ncccc1C#N)c(=O)n2CC(=O)OCCOC. The minimum Gasteiger partial charge on any atom is -0.462 e. The molecule has 1 aliphatic heterocycles. The van der Waals surface area contributed by atoms with Crippen LogP contribution in [0.3, 0.4) is 0 Å². The summed E-state index contributed by atoms with van der Waals surface area (Å²) >= 11 is 0. The Labute approximate surface area is 224 Å². The number of ether oxygens (including phenoxy) is 2. The number of hydrogen-bond acceptors (Lipinski definition) is 10. The summed E-state index contributed by atoms with van der Waals surface area (Å²) < 4.78 is 13.8. The maximum absolute atomic E-state index is 13.9. The van der Waals surface area contributed by atoms with Crippen molar-refractivity contribution in [3.8, 4) is 17.9 Å². The molecule has 204 valence electrons. The molecule has 1 fully saturated rings. The van der Waals surface area contributed by atoms with Crippen LogP contribution in [0.25, 0.3) is 11.2 Å². The number of nitrogens with zero attached hydrogens (tertiary/aromatic N) is 7. The largest absolute Gasteiger partial charge is 0.462 e. The van der Waals surface area contributed by atoms with Crippen LogP contribution in [0.15, 0.2) is 27.9 Å². The number of carbonyl (C=O) groups is 1. The average Bonchev–Trinajstić information content (AvgIpc) is 3.32. The van der Waals surface area contributed by atoms with Gasteiger partial charge in [-0.05, 0) is 31.9 Å². The van der Waals surface area contributed by atoms with Gasteiger partial charge in [0, 0.05) is 32.4 Å². The summed E-state index contributed by atoms with van der Waals surface area (Å²) in [7, 11) is 1.48. The summed E-state index contributed by atoms with van der Waals surface area (Å²) in [6, 6.07) is 5.10. The van der Waals surface area contributed by atoms with Gasteiger partial charge in [-0.25, -0.2) is 4.79 Å². The number of piperidine rings is 1. The lowest BCUT2D eigenvalue weighted by atomic mass is 10.1. The Balaban J connectivity index is 1.95. The Morgan fingerprint density at radius 2 is 2.08 bits per heavy atom. The maximum Gasteiger partial charge on any atom is 0.333 e. The van der Waals surface area contributed by atoms with Crippen LogP contribution in [0.2, 0.25) is 0 Å². The van der Waals surface area contributed by atoms with Gasteiger partial charge in [0.1, 0.15) is 19.2 Å². The number of nitrogens with two attached hydrogens (primary N) is 1. The van der Waals surface area contributed by atoms with E-state index in [1.807, 2.05) is 11.0 Å². The van der Waals surface area contributed by atoms with Crippen molar-refractivity contribution in [1.29, 1.82) is 5.26 Å². The molecule has 39 heavy (non-hydrogen) atoms. The highest BCUT2D eigenvalue weighted by molar-refractivity contribution is 5.77. The van der Waals surface area contributed by atoms with Crippen molar-refractivity contribution < 1.29 is 14.3 Å². The van der Waals surface area contributed by atoms with Crippen molar-refractivity contribution >= 4 is 23.1 Å². The molecule has 4 heterocycles. The highest BCUT2D eigenvalue weighted by Crippen LogP contribution is 2.23. The van der Waals surface area contributed by atoms with Crippen molar-refractivity contribution in [3.05, 3.63) is 50.4 Å². The summed E-state index contributed by atoms with van der Waals surface area (Å²) in [5.74, 6) is 5.56. The molecule has 3 aromatic heterocycles. The fourth-order valence-corrected chi connectivity index (χ4v) is 4.53. The van der Waals surface area contributed by atoms with Crippen LogP contribution in [-0.2, 0) is 33.9 Å². The first-order valence-electron chi connectivity index (χ1n) is 12.5. The minimum atomic E-state index is -0.779. The van der Waals surface area contributed by atoms with E-state index in [-0.39, 0.29) is 54.8 Å². The molecule has 1 atom stereocenters. The fourth-order valence-electron chi connectivity index (χ4n) is 4.53. The molecule has 0 aromatic carbocycles. The molecule has 13 nitrogen and oxygen atoms in total. The van der Waals surface area contributed by atoms with Crippen molar-refractivity contribution in [1.82, 2.24) is 23.7 Å². The second-order valence-electron chi connectivity index (χ2n) is 9.03. The van der Waals surface area contributed by atoms with E-state index in [4.69, 9.17) is 20.2 Å². The molecular formula is C26H30N8O5. The zero-order valence-electron chi connectivity index (χ0n) is 21.9. The number of hydrogen-bond donors (Lipinski definition) is 1. The summed E-state index contributed by atoms with van der Waals surface area (Å²) in [5.41, 5.74) is 5.42. The smallest absolute Gasteiger partial charge is 0.333 e. The summed E-state index contributed by atoms with van der Waals surface area (Å²) in [5, 5.41) is 9.52. The van der Waals surface area contributed by atoms with E-state index in [1.54, 1.807) is 23.6 Å². The van der Waals surface area contributed by atoms with E-state index in [9.17, 15) is 19.6 Å². The number of anilines is 1. The van der Waals surface area contributed by atoms with E-state index in [0.29, 0.717) is 19.0 Å². The summed E-state index contributed by atoms with van der Waals surface area (Å²) in [6.07, 6.45) is 3.18. The number of esters is 1. The Kier molecular flexibility index (Phi) is 8.76. The predicted octanol–water partition coefficient (Wildman–Crippen LogP) is -0.185.